The number of carbonyl (C=O) groups excluding carboxylic acids is 1. The first-order chi connectivity index (χ1) is 11.7. The summed E-state index contributed by atoms with van der Waals surface area (Å²) in [4.78, 5) is 12.8. The van der Waals surface area contributed by atoms with Gasteiger partial charge >= 0.3 is 5.97 Å². The molecule has 1 aromatic heterocycles. The van der Waals surface area contributed by atoms with Crippen LogP contribution in [0.25, 0.3) is 0 Å². The Kier molecular flexibility index (Phi) is 3.65. The summed E-state index contributed by atoms with van der Waals surface area (Å²) < 4.78 is 10.9. The van der Waals surface area contributed by atoms with Gasteiger partial charge in [0.05, 0.1) is 30.1 Å². The highest BCUT2D eigenvalue weighted by molar-refractivity contribution is 5.75. The molecule has 0 aromatic carbocycles. The molecule has 1 aromatic rings. The third kappa shape index (κ3) is 2.18. The molecule has 2 N–H and O–H groups in total. The number of carbonyl (C=O) groups is 1. The van der Waals surface area contributed by atoms with Crippen molar-refractivity contribution in [2.75, 3.05) is 0 Å². The van der Waals surface area contributed by atoms with E-state index in [1.807, 2.05) is 6.07 Å². The van der Waals surface area contributed by atoms with Crippen LogP contribution in [0.1, 0.15) is 64.5 Å². The molecular formula is C20H28O5. The van der Waals surface area contributed by atoms with Gasteiger partial charge in [0, 0.05) is 11.0 Å². The number of ether oxygens (including phenoxy) is 1. The molecule has 5 heteroatoms. The topological polar surface area (TPSA) is 79.9 Å². The van der Waals surface area contributed by atoms with E-state index >= 15 is 0 Å². The van der Waals surface area contributed by atoms with E-state index in [9.17, 15) is 15.0 Å². The first kappa shape index (κ1) is 17.1. The van der Waals surface area contributed by atoms with Crippen molar-refractivity contribution in [2.24, 2.45) is 22.7 Å². The summed E-state index contributed by atoms with van der Waals surface area (Å²) in [7, 11) is 0. The average molecular weight is 348 g/mol. The highest BCUT2D eigenvalue weighted by atomic mass is 16.5. The van der Waals surface area contributed by atoms with Crippen molar-refractivity contribution in [3.63, 3.8) is 0 Å². The van der Waals surface area contributed by atoms with Crippen molar-refractivity contribution in [1.82, 2.24) is 0 Å². The zero-order chi connectivity index (χ0) is 18.0. The molecule has 0 radical (unpaired) electrons. The van der Waals surface area contributed by atoms with Gasteiger partial charge in [0.15, 0.2) is 0 Å². The molecule has 2 heterocycles. The van der Waals surface area contributed by atoms with Gasteiger partial charge in [-0.2, -0.15) is 0 Å². The van der Waals surface area contributed by atoms with Crippen LogP contribution in [0.4, 0.5) is 0 Å². The van der Waals surface area contributed by atoms with Gasteiger partial charge in [-0.1, -0.05) is 13.8 Å². The summed E-state index contributed by atoms with van der Waals surface area (Å²) in [6.45, 7) is 6.04. The van der Waals surface area contributed by atoms with Crippen molar-refractivity contribution in [2.45, 2.75) is 70.7 Å². The third-order valence-electron chi connectivity index (χ3n) is 7.93. The summed E-state index contributed by atoms with van der Waals surface area (Å²) in [6, 6.07) is 1.85. The zero-order valence-electron chi connectivity index (χ0n) is 15.2. The molecule has 0 unspecified atom stereocenters. The van der Waals surface area contributed by atoms with E-state index in [0.29, 0.717) is 12.8 Å². The highest BCUT2D eigenvalue weighted by Gasteiger charge is 2.66. The average Bonchev–Trinajstić information content (AvgIpc) is 3.06. The largest absolute Gasteiger partial charge is 0.472 e. The van der Waals surface area contributed by atoms with Crippen LogP contribution in [0.3, 0.4) is 0 Å². The molecule has 25 heavy (non-hydrogen) atoms. The van der Waals surface area contributed by atoms with Gasteiger partial charge in [-0.05, 0) is 56.4 Å². The molecule has 7 atom stereocenters. The molecule has 0 bridgehead atoms. The fraction of sp³-hybridized carbons (Fsp3) is 0.750. The van der Waals surface area contributed by atoms with Crippen LogP contribution in [0.5, 0.6) is 0 Å². The quantitative estimate of drug-likeness (QED) is 0.762. The Bertz CT molecular complexity index is 666. The summed E-state index contributed by atoms with van der Waals surface area (Å²) in [6.07, 6.45) is 5.79. The molecular weight excluding hydrogens is 320 g/mol. The standard InChI is InChI=1S/C20H28O5/c1-18-10-14(12-7-9-24-11-12)25-17(22)13(18)6-8-19(2)15(18)4-5-16(21)20(19,3)23/h7,9,11,13-16,21,23H,4-6,8,10H2,1-3H3/t13-,14-,15-,16-,18-,19-,20+/m0/s1. The maximum Gasteiger partial charge on any atom is 0.310 e. The fourth-order valence-corrected chi connectivity index (χ4v) is 6.14. The number of aliphatic hydroxyl groups excluding tert-OH is 1. The monoisotopic (exact) mass is 348 g/mol. The van der Waals surface area contributed by atoms with Gasteiger partial charge in [-0.25, -0.2) is 0 Å². The van der Waals surface area contributed by atoms with Crippen LogP contribution in [0.15, 0.2) is 23.0 Å². The molecule has 3 fully saturated rings. The first-order valence-corrected chi connectivity index (χ1v) is 9.33. The maximum absolute atomic E-state index is 12.8. The Labute approximate surface area is 148 Å². The van der Waals surface area contributed by atoms with Gasteiger partial charge in [-0.3, -0.25) is 4.79 Å². The van der Waals surface area contributed by atoms with Crippen molar-refractivity contribution in [1.29, 1.82) is 0 Å². The molecule has 0 spiro atoms. The van der Waals surface area contributed by atoms with Crippen molar-refractivity contribution in [3.8, 4) is 0 Å². The SMILES string of the molecule is C[C@]12C[C@@H](c3ccoc3)OC(=O)[C@@H]1CC[C@@]1(C)[C@H]2CC[C@H](O)[C@@]1(C)O. The summed E-state index contributed by atoms with van der Waals surface area (Å²) in [5, 5.41) is 21.6. The molecule has 3 aliphatic rings. The maximum atomic E-state index is 12.8. The van der Waals surface area contributed by atoms with E-state index in [1.54, 1.807) is 19.5 Å². The van der Waals surface area contributed by atoms with Gasteiger partial charge in [0.2, 0.25) is 0 Å². The molecule has 0 amide bonds. The smallest absolute Gasteiger partial charge is 0.310 e. The normalized spacial score (nSPS) is 49.9. The lowest BCUT2D eigenvalue weighted by molar-refractivity contribution is -0.251. The first-order valence-electron chi connectivity index (χ1n) is 9.33. The van der Waals surface area contributed by atoms with Crippen LogP contribution < -0.4 is 0 Å². The Hall–Kier alpha value is -1.33. The lowest BCUT2D eigenvalue weighted by Crippen LogP contribution is -2.66. The molecule has 2 aliphatic carbocycles. The summed E-state index contributed by atoms with van der Waals surface area (Å²) in [5.41, 5.74) is -0.915. The van der Waals surface area contributed by atoms with Gasteiger partial charge in [0.1, 0.15) is 6.10 Å². The third-order valence-corrected chi connectivity index (χ3v) is 7.93. The number of rotatable bonds is 1. The minimum absolute atomic E-state index is 0.132. The summed E-state index contributed by atoms with van der Waals surface area (Å²) in [5.74, 6) is -0.105. The van der Waals surface area contributed by atoms with Gasteiger partial charge < -0.3 is 19.4 Å². The van der Waals surface area contributed by atoms with Gasteiger partial charge in [0.25, 0.3) is 0 Å². The Balaban J connectivity index is 1.74. The number of hydrogen-bond donors (Lipinski definition) is 2. The van der Waals surface area contributed by atoms with Crippen LogP contribution in [0, 0.1) is 22.7 Å². The van der Waals surface area contributed by atoms with Crippen LogP contribution >= 0.6 is 0 Å². The minimum Gasteiger partial charge on any atom is -0.472 e. The molecule has 5 nitrogen and oxygen atoms in total. The highest BCUT2D eigenvalue weighted by Crippen LogP contribution is 2.66. The number of cyclic esters (lactones) is 1. The number of esters is 1. The van der Waals surface area contributed by atoms with E-state index in [2.05, 4.69) is 13.8 Å². The van der Waals surface area contributed by atoms with Crippen molar-refractivity contribution < 1.29 is 24.2 Å². The second-order valence-corrected chi connectivity index (χ2v) is 8.99. The minimum atomic E-state index is -1.14. The van der Waals surface area contributed by atoms with E-state index in [1.165, 1.54) is 0 Å². The molecule has 138 valence electrons. The zero-order valence-corrected chi connectivity index (χ0v) is 15.2. The number of fused-ring (bicyclic) bond motifs is 3. The number of aliphatic hydroxyl groups is 2. The Morgan fingerprint density at radius 1 is 1.20 bits per heavy atom. The van der Waals surface area contributed by atoms with Crippen molar-refractivity contribution >= 4 is 5.97 Å². The second-order valence-electron chi connectivity index (χ2n) is 8.99. The van der Waals surface area contributed by atoms with Crippen LogP contribution in [-0.2, 0) is 9.53 Å². The predicted molar refractivity (Wildman–Crippen MR) is 90.5 cm³/mol. The summed E-state index contributed by atoms with van der Waals surface area (Å²) >= 11 is 0. The Morgan fingerprint density at radius 2 is 1.96 bits per heavy atom. The molecule has 2 saturated carbocycles. The van der Waals surface area contributed by atoms with E-state index in [-0.39, 0.29) is 29.3 Å². The molecule has 4 rings (SSSR count). The van der Waals surface area contributed by atoms with Crippen molar-refractivity contribution in [3.05, 3.63) is 24.2 Å². The van der Waals surface area contributed by atoms with Gasteiger partial charge in [-0.15, -0.1) is 0 Å². The van der Waals surface area contributed by atoms with Crippen LogP contribution in [0.2, 0.25) is 0 Å². The van der Waals surface area contributed by atoms with E-state index in [4.69, 9.17) is 9.15 Å². The predicted octanol–water partition coefficient (Wildman–Crippen LogP) is 3.21. The van der Waals surface area contributed by atoms with E-state index < -0.39 is 17.1 Å². The Morgan fingerprint density at radius 3 is 2.64 bits per heavy atom. The van der Waals surface area contributed by atoms with E-state index in [0.717, 1.165) is 24.8 Å². The lowest BCUT2D eigenvalue weighted by atomic mass is 9.42. The fourth-order valence-electron chi connectivity index (χ4n) is 6.14. The lowest BCUT2D eigenvalue weighted by Gasteiger charge is -2.64. The molecule has 1 aliphatic heterocycles. The number of furan rings is 1. The molecule has 1 saturated heterocycles. The van der Waals surface area contributed by atoms with Crippen LogP contribution in [-0.4, -0.2) is 27.9 Å². The second kappa shape index (κ2) is 5.34. The number of hydrogen-bond acceptors (Lipinski definition) is 5.